The number of alkyl halides is 3. The first kappa shape index (κ1) is 22.3. The average molecular weight is 470 g/mol. The highest BCUT2D eigenvalue weighted by molar-refractivity contribution is 5.95. The van der Waals surface area contributed by atoms with Crippen molar-refractivity contribution in [1.29, 1.82) is 0 Å². The van der Waals surface area contributed by atoms with Crippen LogP contribution in [0.5, 0.6) is 5.75 Å². The van der Waals surface area contributed by atoms with Crippen molar-refractivity contribution in [2.75, 3.05) is 38.2 Å². The molecule has 178 valence electrons. The normalized spacial score (nSPS) is 16.6. The molecular weight excluding hydrogens is 445 g/mol. The number of carbonyl (C=O) groups is 1. The summed E-state index contributed by atoms with van der Waals surface area (Å²) in [6.45, 7) is 2.50. The summed E-state index contributed by atoms with van der Waals surface area (Å²) in [5.74, 6) is 0.814. The lowest BCUT2D eigenvalue weighted by Crippen LogP contribution is -2.48. The molecule has 0 bridgehead atoms. The molecule has 0 radical (unpaired) electrons. The van der Waals surface area contributed by atoms with Gasteiger partial charge in [-0.2, -0.15) is 18.3 Å². The van der Waals surface area contributed by atoms with Gasteiger partial charge in [0.25, 0.3) is 5.91 Å². The summed E-state index contributed by atoms with van der Waals surface area (Å²) in [5, 5.41) is 4.35. The van der Waals surface area contributed by atoms with E-state index < -0.39 is 11.7 Å². The van der Waals surface area contributed by atoms with Gasteiger partial charge < -0.3 is 14.5 Å². The molecule has 1 saturated heterocycles. The number of aromatic nitrogens is 2. The van der Waals surface area contributed by atoms with Crippen molar-refractivity contribution in [3.63, 3.8) is 0 Å². The van der Waals surface area contributed by atoms with Gasteiger partial charge in [0.2, 0.25) is 0 Å². The topological polar surface area (TPSA) is 50.6 Å². The Kier molecular flexibility index (Phi) is 5.71. The quantitative estimate of drug-likeness (QED) is 0.541. The zero-order valence-corrected chi connectivity index (χ0v) is 18.8. The molecule has 0 spiro atoms. The first-order valence-electron chi connectivity index (χ1n) is 11.3. The second-order valence-corrected chi connectivity index (χ2v) is 8.65. The molecule has 3 aromatic rings. The molecule has 0 atom stereocenters. The summed E-state index contributed by atoms with van der Waals surface area (Å²) in [6, 6.07) is 12.9. The van der Waals surface area contributed by atoms with Crippen molar-refractivity contribution < 1.29 is 22.7 Å². The second-order valence-electron chi connectivity index (χ2n) is 8.65. The zero-order chi connectivity index (χ0) is 23.9. The van der Waals surface area contributed by atoms with E-state index in [0.717, 1.165) is 36.4 Å². The van der Waals surface area contributed by atoms with Crippen LogP contribution in [0.3, 0.4) is 0 Å². The number of piperazine rings is 1. The van der Waals surface area contributed by atoms with Crippen LogP contribution >= 0.6 is 0 Å². The molecule has 6 nitrogen and oxygen atoms in total. The lowest BCUT2D eigenvalue weighted by Gasteiger charge is -2.36. The van der Waals surface area contributed by atoms with E-state index in [-0.39, 0.29) is 11.8 Å². The number of methoxy groups -OCH3 is 1. The number of hydrogen-bond donors (Lipinski definition) is 0. The van der Waals surface area contributed by atoms with E-state index in [9.17, 15) is 18.0 Å². The van der Waals surface area contributed by atoms with Crippen molar-refractivity contribution in [1.82, 2.24) is 14.7 Å². The van der Waals surface area contributed by atoms with Gasteiger partial charge in [0, 0.05) is 37.8 Å². The highest BCUT2D eigenvalue weighted by atomic mass is 19.4. The molecule has 34 heavy (non-hydrogen) atoms. The van der Waals surface area contributed by atoms with E-state index in [0.29, 0.717) is 43.1 Å². The van der Waals surface area contributed by atoms with E-state index in [4.69, 9.17) is 4.74 Å². The minimum Gasteiger partial charge on any atom is -0.497 e. The molecule has 1 aromatic heterocycles. The Morgan fingerprint density at radius 2 is 1.71 bits per heavy atom. The SMILES string of the molecule is COc1ccc(N2CCN(C(=O)c3cnn(-c4cccc(C(F)(F)F)c4)c3C3CC3)CC2)cc1. The summed E-state index contributed by atoms with van der Waals surface area (Å²) in [6.07, 6.45) is -1.14. The number of hydrogen-bond acceptors (Lipinski definition) is 4. The van der Waals surface area contributed by atoms with E-state index in [2.05, 4.69) is 10.00 Å². The Morgan fingerprint density at radius 1 is 1.00 bits per heavy atom. The predicted octanol–water partition coefficient (Wildman–Crippen LogP) is 4.74. The van der Waals surface area contributed by atoms with Crippen LogP contribution in [0.4, 0.5) is 18.9 Å². The van der Waals surface area contributed by atoms with Crippen molar-refractivity contribution in [2.24, 2.45) is 0 Å². The number of halogens is 3. The third-order valence-electron chi connectivity index (χ3n) is 6.42. The summed E-state index contributed by atoms with van der Waals surface area (Å²) in [4.78, 5) is 17.4. The number of rotatable bonds is 5. The largest absolute Gasteiger partial charge is 0.497 e. The minimum atomic E-state index is -4.44. The van der Waals surface area contributed by atoms with E-state index in [1.165, 1.54) is 16.9 Å². The van der Waals surface area contributed by atoms with Crippen LogP contribution in [0, 0.1) is 0 Å². The minimum absolute atomic E-state index is 0.116. The van der Waals surface area contributed by atoms with Crippen LogP contribution in [0.15, 0.2) is 54.7 Å². The molecule has 2 aliphatic rings. The van der Waals surface area contributed by atoms with Crippen LogP contribution in [0.2, 0.25) is 0 Å². The summed E-state index contributed by atoms with van der Waals surface area (Å²) in [5.41, 5.74) is 1.86. The Bertz CT molecular complexity index is 1180. The van der Waals surface area contributed by atoms with Crippen molar-refractivity contribution in [3.05, 3.63) is 71.5 Å². The summed E-state index contributed by atoms with van der Waals surface area (Å²) in [7, 11) is 1.63. The van der Waals surface area contributed by atoms with Gasteiger partial charge in [0.05, 0.1) is 35.8 Å². The highest BCUT2D eigenvalue weighted by Crippen LogP contribution is 2.43. The molecule has 1 saturated carbocycles. The highest BCUT2D eigenvalue weighted by Gasteiger charge is 2.36. The van der Waals surface area contributed by atoms with Gasteiger partial charge in [0.1, 0.15) is 5.75 Å². The maximum atomic E-state index is 13.4. The zero-order valence-electron chi connectivity index (χ0n) is 18.8. The molecule has 9 heteroatoms. The Labute approximate surface area is 195 Å². The lowest BCUT2D eigenvalue weighted by molar-refractivity contribution is -0.137. The van der Waals surface area contributed by atoms with Gasteiger partial charge in [0.15, 0.2) is 0 Å². The first-order valence-corrected chi connectivity index (χ1v) is 11.3. The number of nitrogens with zero attached hydrogens (tertiary/aromatic N) is 4. The van der Waals surface area contributed by atoms with Gasteiger partial charge in [-0.05, 0) is 55.3 Å². The molecule has 2 fully saturated rings. The fourth-order valence-corrected chi connectivity index (χ4v) is 4.42. The summed E-state index contributed by atoms with van der Waals surface area (Å²) >= 11 is 0. The van der Waals surface area contributed by atoms with E-state index in [1.54, 1.807) is 18.1 Å². The van der Waals surface area contributed by atoms with Gasteiger partial charge in [-0.3, -0.25) is 4.79 Å². The lowest BCUT2D eigenvalue weighted by atomic mass is 10.1. The van der Waals surface area contributed by atoms with Crippen LogP contribution < -0.4 is 9.64 Å². The van der Waals surface area contributed by atoms with Crippen molar-refractivity contribution in [2.45, 2.75) is 24.9 Å². The van der Waals surface area contributed by atoms with E-state index in [1.807, 2.05) is 24.3 Å². The number of ether oxygens (including phenoxy) is 1. The molecule has 2 aromatic carbocycles. The standard InChI is InChI=1S/C25H25F3N4O2/c1-34-21-9-7-19(8-10-21)30-11-13-31(14-12-30)24(33)22-16-29-32(23(22)17-5-6-17)20-4-2-3-18(15-20)25(26,27)28/h2-4,7-10,15-17H,5-6,11-14H2,1H3. The van der Waals surface area contributed by atoms with E-state index >= 15 is 0 Å². The molecule has 1 aliphatic carbocycles. The van der Waals surface area contributed by atoms with Gasteiger partial charge in [-0.1, -0.05) is 6.07 Å². The van der Waals surface area contributed by atoms with Gasteiger partial charge in [-0.15, -0.1) is 0 Å². The number of benzene rings is 2. The molecule has 0 unspecified atom stereocenters. The maximum Gasteiger partial charge on any atom is 0.416 e. The third-order valence-corrected chi connectivity index (χ3v) is 6.42. The molecular formula is C25H25F3N4O2. The number of carbonyl (C=O) groups excluding carboxylic acids is 1. The first-order chi connectivity index (χ1) is 16.3. The monoisotopic (exact) mass is 470 g/mol. The predicted molar refractivity (Wildman–Crippen MR) is 122 cm³/mol. The molecule has 5 rings (SSSR count). The smallest absolute Gasteiger partial charge is 0.416 e. The Morgan fingerprint density at radius 3 is 2.32 bits per heavy atom. The number of amides is 1. The molecule has 1 amide bonds. The van der Waals surface area contributed by atoms with Crippen molar-refractivity contribution in [3.8, 4) is 11.4 Å². The Hall–Kier alpha value is -3.49. The molecule has 1 aliphatic heterocycles. The van der Waals surface area contributed by atoms with Crippen LogP contribution in [-0.4, -0.2) is 53.9 Å². The van der Waals surface area contributed by atoms with Crippen LogP contribution in [0.1, 0.15) is 40.4 Å². The van der Waals surface area contributed by atoms with Crippen molar-refractivity contribution >= 4 is 11.6 Å². The van der Waals surface area contributed by atoms with Gasteiger partial charge in [-0.25, -0.2) is 4.68 Å². The Balaban J connectivity index is 1.35. The summed E-state index contributed by atoms with van der Waals surface area (Å²) < 4.78 is 46.4. The average Bonchev–Trinajstić information content (AvgIpc) is 3.61. The number of anilines is 1. The van der Waals surface area contributed by atoms with Crippen LogP contribution in [0.25, 0.3) is 5.69 Å². The molecule has 2 heterocycles. The maximum absolute atomic E-state index is 13.4. The molecule has 0 N–H and O–H groups in total. The van der Waals surface area contributed by atoms with Crippen LogP contribution in [-0.2, 0) is 6.18 Å². The fourth-order valence-electron chi connectivity index (χ4n) is 4.42. The third kappa shape index (κ3) is 4.34. The fraction of sp³-hybridized carbons (Fsp3) is 0.360. The van der Waals surface area contributed by atoms with Gasteiger partial charge >= 0.3 is 6.18 Å². The second kappa shape index (κ2) is 8.70.